The zero-order valence-corrected chi connectivity index (χ0v) is 16.3. The van der Waals surface area contributed by atoms with Crippen LogP contribution in [0.4, 0.5) is 0 Å². The molecule has 1 aromatic heterocycles. The van der Waals surface area contributed by atoms with Crippen LogP contribution in [0, 0.1) is 5.41 Å². The fourth-order valence-electron chi connectivity index (χ4n) is 3.01. The number of guanidine groups is 1. The Morgan fingerprint density at radius 3 is 2.17 bits per heavy atom. The second-order valence-electron chi connectivity index (χ2n) is 6.79. The topological polar surface area (TPSA) is 93.1 Å². The standard InChI is InChI=1S/C23H24N4O2/c1-16(2)15-29-19-10-8-18(9-11-19)21-13-12-20(17-6-4-3-5-7-17)27(21)14-22(28)26-23(24)25/h3-13H,1,14-15H2,2H3,(H4,24,25,26,28). The molecule has 0 radical (unpaired) electrons. The van der Waals surface area contributed by atoms with Crippen molar-refractivity contribution in [3.8, 4) is 28.3 Å². The summed E-state index contributed by atoms with van der Waals surface area (Å²) in [7, 11) is 0. The number of nitrogens with zero attached hydrogens (tertiary/aromatic N) is 1. The van der Waals surface area contributed by atoms with Gasteiger partial charge in [-0.1, -0.05) is 36.9 Å². The Morgan fingerprint density at radius 2 is 1.62 bits per heavy atom. The lowest BCUT2D eigenvalue weighted by molar-refractivity contribution is -0.120. The van der Waals surface area contributed by atoms with Crippen molar-refractivity contribution in [2.45, 2.75) is 13.5 Å². The van der Waals surface area contributed by atoms with Crippen molar-refractivity contribution in [3.05, 3.63) is 78.9 Å². The number of benzene rings is 2. The summed E-state index contributed by atoms with van der Waals surface area (Å²) in [6.07, 6.45) is 0. The molecule has 0 bridgehead atoms. The Labute approximate surface area is 170 Å². The monoisotopic (exact) mass is 388 g/mol. The van der Waals surface area contributed by atoms with Gasteiger partial charge in [0.05, 0.1) is 0 Å². The number of amides is 1. The summed E-state index contributed by atoms with van der Waals surface area (Å²) < 4.78 is 7.58. The van der Waals surface area contributed by atoms with Crippen LogP contribution in [0.3, 0.4) is 0 Å². The van der Waals surface area contributed by atoms with Gasteiger partial charge in [0.1, 0.15) is 18.9 Å². The average molecular weight is 388 g/mol. The van der Waals surface area contributed by atoms with Crippen LogP contribution in [0.25, 0.3) is 22.5 Å². The predicted molar refractivity (Wildman–Crippen MR) is 116 cm³/mol. The van der Waals surface area contributed by atoms with Crippen molar-refractivity contribution in [3.63, 3.8) is 0 Å². The summed E-state index contributed by atoms with van der Waals surface area (Å²) >= 11 is 0. The Hall–Kier alpha value is -3.80. The minimum absolute atomic E-state index is 0.0417. The molecule has 148 valence electrons. The molecule has 0 unspecified atom stereocenters. The van der Waals surface area contributed by atoms with Gasteiger partial charge in [-0.05, 0) is 60.0 Å². The number of nitrogens with two attached hydrogens (primary N) is 1. The van der Waals surface area contributed by atoms with Crippen molar-refractivity contribution in [1.29, 1.82) is 5.41 Å². The van der Waals surface area contributed by atoms with Gasteiger partial charge in [0, 0.05) is 11.4 Å². The highest BCUT2D eigenvalue weighted by molar-refractivity contribution is 5.95. The molecule has 2 aromatic carbocycles. The van der Waals surface area contributed by atoms with Crippen LogP contribution < -0.4 is 15.8 Å². The number of aromatic nitrogens is 1. The normalized spacial score (nSPS) is 10.4. The van der Waals surface area contributed by atoms with Gasteiger partial charge < -0.3 is 15.0 Å². The van der Waals surface area contributed by atoms with Crippen molar-refractivity contribution < 1.29 is 9.53 Å². The Kier molecular flexibility index (Phi) is 6.14. The molecule has 0 aliphatic rings. The van der Waals surface area contributed by atoms with E-state index < -0.39 is 0 Å². The van der Waals surface area contributed by atoms with Crippen LogP contribution >= 0.6 is 0 Å². The van der Waals surface area contributed by atoms with E-state index in [1.165, 1.54) is 0 Å². The van der Waals surface area contributed by atoms with Gasteiger partial charge in [-0.3, -0.25) is 15.5 Å². The molecule has 0 atom stereocenters. The summed E-state index contributed by atoms with van der Waals surface area (Å²) in [4.78, 5) is 12.3. The van der Waals surface area contributed by atoms with Crippen LogP contribution in [0.5, 0.6) is 5.75 Å². The number of nitrogens with one attached hydrogen (secondary N) is 2. The third-order valence-electron chi connectivity index (χ3n) is 4.26. The maximum Gasteiger partial charge on any atom is 0.246 e. The Morgan fingerprint density at radius 1 is 1.03 bits per heavy atom. The molecule has 3 aromatic rings. The lowest BCUT2D eigenvalue weighted by atomic mass is 10.1. The molecular weight excluding hydrogens is 364 g/mol. The zero-order chi connectivity index (χ0) is 20.8. The van der Waals surface area contributed by atoms with Gasteiger partial charge in [-0.15, -0.1) is 0 Å². The second kappa shape index (κ2) is 8.93. The molecule has 29 heavy (non-hydrogen) atoms. The lowest BCUT2D eigenvalue weighted by Crippen LogP contribution is -2.37. The first-order valence-electron chi connectivity index (χ1n) is 9.20. The number of hydrogen-bond donors (Lipinski definition) is 3. The molecule has 4 N–H and O–H groups in total. The SMILES string of the molecule is C=C(C)COc1ccc(-c2ccc(-c3ccccc3)n2CC(=O)NC(=N)N)cc1. The molecule has 0 aliphatic carbocycles. The van der Waals surface area contributed by atoms with Gasteiger partial charge >= 0.3 is 0 Å². The van der Waals surface area contributed by atoms with Crippen molar-refractivity contribution in [2.24, 2.45) is 5.73 Å². The third kappa shape index (κ3) is 5.13. The lowest BCUT2D eigenvalue weighted by Gasteiger charge is -2.14. The molecule has 0 spiro atoms. The third-order valence-corrected chi connectivity index (χ3v) is 4.26. The van der Waals surface area contributed by atoms with E-state index >= 15 is 0 Å². The van der Waals surface area contributed by atoms with Gasteiger partial charge in [-0.25, -0.2) is 0 Å². The number of rotatable bonds is 7. The summed E-state index contributed by atoms with van der Waals surface area (Å²) in [5.41, 5.74) is 9.99. The summed E-state index contributed by atoms with van der Waals surface area (Å²) in [5, 5.41) is 9.65. The van der Waals surface area contributed by atoms with E-state index in [1.54, 1.807) is 0 Å². The van der Waals surface area contributed by atoms with E-state index in [0.29, 0.717) is 6.61 Å². The van der Waals surface area contributed by atoms with E-state index in [4.69, 9.17) is 15.9 Å². The molecule has 0 aliphatic heterocycles. The van der Waals surface area contributed by atoms with Crippen LogP contribution in [0.2, 0.25) is 0 Å². The fourth-order valence-corrected chi connectivity index (χ4v) is 3.01. The predicted octanol–water partition coefficient (Wildman–Crippen LogP) is 3.79. The zero-order valence-electron chi connectivity index (χ0n) is 16.3. The molecule has 1 amide bonds. The highest BCUT2D eigenvalue weighted by Gasteiger charge is 2.15. The first kappa shape index (κ1) is 19.9. The van der Waals surface area contributed by atoms with Crippen molar-refractivity contribution >= 4 is 11.9 Å². The van der Waals surface area contributed by atoms with Crippen LogP contribution in [0.1, 0.15) is 6.92 Å². The number of carbonyl (C=O) groups excluding carboxylic acids is 1. The first-order valence-corrected chi connectivity index (χ1v) is 9.20. The Bertz CT molecular complexity index is 1020. The van der Waals surface area contributed by atoms with Gasteiger partial charge in [0.25, 0.3) is 0 Å². The maximum atomic E-state index is 12.3. The maximum absolute atomic E-state index is 12.3. The minimum Gasteiger partial charge on any atom is -0.489 e. The molecule has 0 saturated heterocycles. The molecule has 6 nitrogen and oxygen atoms in total. The fraction of sp³-hybridized carbons (Fsp3) is 0.130. The highest BCUT2D eigenvalue weighted by atomic mass is 16.5. The molecule has 0 saturated carbocycles. The quantitative estimate of drug-likeness (QED) is 0.327. The number of hydrogen-bond acceptors (Lipinski definition) is 3. The van der Waals surface area contributed by atoms with Gasteiger partial charge in [0.15, 0.2) is 5.96 Å². The molecule has 1 heterocycles. The molecule has 3 rings (SSSR count). The highest BCUT2D eigenvalue weighted by Crippen LogP contribution is 2.30. The Balaban J connectivity index is 1.95. The van der Waals surface area contributed by atoms with Crippen LogP contribution in [0.15, 0.2) is 78.9 Å². The van der Waals surface area contributed by atoms with Crippen molar-refractivity contribution in [1.82, 2.24) is 9.88 Å². The second-order valence-corrected chi connectivity index (χ2v) is 6.79. The van der Waals surface area contributed by atoms with Gasteiger partial charge in [-0.2, -0.15) is 0 Å². The van der Waals surface area contributed by atoms with Crippen LogP contribution in [-0.2, 0) is 11.3 Å². The average Bonchev–Trinajstić information content (AvgIpc) is 3.10. The van der Waals surface area contributed by atoms with E-state index in [9.17, 15) is 4.79 Å². The summed E-state index contributed by atoms with van der Waals surface area (Å²) in [5.74, 6) is 0.0324. The number of carbonyl (C=O) groups is 1. The van der Waals surface area contributed by atoms with Crippen LogP contribution in [-0.4, -0.2) is 23.0 Å². The van der Waals surface area contributed by atoms with Gasteiger partial charge in [0.2, 0.25) is 5.91 Å². The minimum atomic E-state index is -0.371. The van der Waals surface area contributed by atoms with E-state index in [2.05, 4.69) is 11.9 Å². The summed E-state index contributed by atoms with van der Waals surface area (Å²) in [6.45, 7) is 6.26. The molecular formula is C23H24N4O2. The number of ether oxygens (including phenoxy) is 1. The van der Waals surface area contributed by atoms with Crippen molar-refractivity contribution in [2.75, 3.05) is 6.61 Å². The van der Waals surface area contributed by atoms with E-state index in [1.807, 2.05) is 78.2 Å². The smallest absolute Gasteiger partial charge is 0.246 e. The summed E-state index contributed by atoms with van der Waals surface area (Å²) in [6, 6.07) is 21.5. The largest absolute Gasteiger partial charge is 0.489 e. The molecule has 0 fully saturated rings. The van der Waals surface area contributed by atoms with E-state index in [0.717, 1.165) is 33.8 Å². The first-order chi connectivity index (χ1) is 13.9. The molecule has 6 heteroatoms. The van der Waals surface area contributed by atoms with E-state index in [-0.39, 0.29) is 18.4 Å².